The molecule has 2 aromatic carbocycles. The molecule has 0 bridgehead atoms. The standard InChI is InChI=1S/C13H11F2N3/c14-9-5-1-3-7-11(9)18(13(16)17)12-8-4-2-6-10(12)15/h1-8H,(H3,16,17). The average Bonchev–Trinajstić information content (AvgIpc) is 2.34. The lowest BCUT2D eigenvalue weighted by Gasteiger charge is -2.23. The van der Waals surface area contributed by atoms with Gasteiger partial charge in [0.1, 0.15) is 11.6 Å². The van der Waals surface area contributed by atoms with E-state index in [9.17, 15) is 8.78 Å². The van der Waals surface area contributed by atoms with E-state index in [0.717, 1.165) is 4.90 Å². The van der Waals surface area contributed by atoms with Crippen molar-refractivity contribution in [1.29, 1.82) is 5.41 Å². The molecule has 3 nitrogen and oxygen atoms in total. The van der Waals surface area contributed by atoms with E-state index >= 15 is 0 Å². The molecular formula is C13H11F2N3. The lowest BCUT2D eigenvalue weighted by atomic mass is 10.2. The lowest BCUT2D eigenvalue weighted by molar-refractivity contribution is 0.620. The van der Waals surface area contributed by atoms with E-state index in [1.807, 2.05) is 0 Å². The largest absolute Gasteiger partial charge is 0.369 e. The van der Waals surface area contributed by atoms with Crippen molar-refractivity contribution in [2.45, 2.75) is 0 Å². The normalized spacial score (nSPS) is 10.1. The summed E-state index contributed by atoms with van der Waals surface area (Å²) in [5.41, 5.74) is 5.49. The molecule has 0 atom stereocenters. The van der Waals surface area contributed by atoms with Crippen LogP contribution < -0.4 is 10.6 Å². The molecule has 0 aliphatic heterocycles. The van der Waals surface area contributed by atoms with Gasteiger partial charge in [0.25, 0.3) is 0 Å². The summed E-state index contributed by atoms with van der Waals surface area (Å²) < 4.78 is 27.4. The highest BCUT2D eigenvalue weighted by atomic mass is 19.1. The zero-order chi connectivity index (χ0) is 13.1. The monoisotopic (exact) mass is 247 g/mol. The number of anilines is 2. The highest BCUT2D eigenvalue weighted by Gasteiger charge is 2.18. The Bertz CT molecular complexity index is 538. The fourth-order valence-electron chi connectivity index (χ4n) is 1.66. The molecule has 0 saturated carbocycles. The molecule has 0 unspecified atom stereocenters. The van der Waals surface area contributed by atoms with Crippen molar-refractivity contribution in [3.63, 3.8) is 0 Å². The van der Waals surface area contributed by atoms with Crippen LogP contribution in [0.5, 0.6) is 0 Å². The van der Waals surface area contributed by atoms with E-state index in [1.165, 1.54) is 36.4 Å². The molecule has 0 aliphatic carbocycles. The maximum absolute atomic E-state index is 13.7. The van der Waals surface area contributed by atoms with Crippen molar-refractivity contribution in [3.05, 3.63) is 60.2 Å². The second kappa shape index (κ2) is 4.83. The number of nitrogens with two attached hydrogens (primary N) is 1. The molecule has 0 heterocycles. The second-order valence-corrected chi connectivity index (χ2v) is 3.62. The molecule has 3 N–H and O–H groups in total. The smallest absolute Gasteiger partial charge is 0.197 e. The Hall–Kier alpha value is -2.43. The third-order valence-electron chi connectivity index (χ3n) is 2.43. The number of para-hydroxylation sites is 2. The number of nitrogens with one attached hydrogen (secondary N) is 1. The van der Waals surface area contributed by atoms with Crippen LogP contribution in [0.4, 0.5) is 20.2 Å². The molecule has 0 fully saturated rings. The number of rotatable bonds is 2. The van der Waals surface area contributed by atoms with Gasteiger partial charge in [-0.05, 0) is 24.3 Å². The fraction of sp³-hybridized carbons (Fsp3) is 0. The Morgan fingerprint density at radius 3 is 1.61 bits per heavy atom. The van der Waals surface area contributed by atoms with Gasteiger partial charge in [-0.1, -0.05) is 24.3 Å². The summed E-state index contributed by atoms with van der Waals surface area (Å²) in [6.45, 7) is 0. The Morgan fingerprint density at radius 1 is 0.889 bits per heavy atom. The molecule has 18 heavy (non-hydrogen) atoms. The van der Waals surface area contributed by atoms with Gasteiger partial charge in [0.05, 0.1) is 11.4 Å². The van der Waals surface area contributed by atoms with Crippen LogP contribution in [0.3, 0.4) is 0 Å². The van der Waals surface area contributed by atoms with E-state index in [2.05, 4.69) is 0 Å². The van der Waals surface area contributed by atoms with Gasteiger partial charge in [0.2, 0.25) is 0 Å². The minimum Gasteiger partial charge on any atom is -0.369 e. The van der Waals surface area contributed by atoms with E-state index in [1.54, 1.807) is 12.1 Å². The fourth-order valence-corrected chi connectivity index (χ4v) is 1.66. The van der Waals surface area contributed by atoms with E-state index in [0.29, 0.717) is 0 Å². The molecule has 0 spiro atoms. The molecule has 0 saturated heterocycles. The first-order valence-corrected chi connectivity index (χ1v) is 5.24. The minimum atomic E-state index is -0.573. The van der Waals surface area contributed by atoms with Gasteiger partial charge in [-0.3, -0.25) is 10.3 Å². The van der Waals surface area contributed by atoms with Crippen LogP contribution in [0.15, 0.2) is 48.5 Å². The van der Waals surface area contributed by atoms with Crippen LogP contribution in [0.1, 0.15) is 0 Å². The predicted molar refractivity (Wildman–Crippen MR) is 66.9 cm³/mol. The summed E-state index contributed by atoms with van der Waals surface area (Å²) in [4.78, 5) is 1.02. The molecule has 2 aromatic rings. The summed E-state index contributed by atoms with van der Waals surface area (Å²) in [5.74, 6) is -1.60. The lowest BCUT2D eigenvalue weighted by Crippen LogP contribution is -2.33. The number of benzene rings is 2. The van der Waals surface area contributed by atoms with Crippen molar-refractivity contribution in [2.24, 2.45) is 5.73 Å². The maximum atomic E-state index is 13.7. The number of hydrogen-bond donors (Lipinski definition) is 2. The van der Waals surface area contributed by atoms with Crippen molar-refractivity contribution in [1.82, 2.24) is 0 Å². The first-order valence-electron chi connectivity index (χ1n) is 5.24. The van der Waals surface area contributed by atoms with Crippen molar-refractivity contribution in [3.8, 4) is 0 Å². The van der Waals surface area contributed by atoms with Gasteiger partial charge < -0.3 is 5.73 Å². The predicted octanol–water partition coefficient (Wildman–Crippen LogP) is 3.00. The van der Waals surface area contributed by atoms with E-state index in [4.69, 9.17) is 11.1 Å². The van der Waals surface area contributed by atoms with Gasteiger partial charge >= 0.3 is 0 Å². The molecule has 0 aliphatic rings. The van der Waals surface area contributed by atoms with Gasteiger partial charge in [-0.25, -0.2) is 8.78 Å². The second-order valence-electron chi connectivity index (χ2n) is 3.62. The van der Waals surface area contributed by atoms with Crippen molar-refractivity contribution < 1.29 is 8.78 Å². The van der Waals surface area contributed by atoms with Crippen molar-refractivity contribution >= 4 is 17.3 Å². The first-order chi connectivity index (χ1) is 8.61. The van der Waals surface area contributed by atoms with E-state index < -0.39 is 17.6 Å². The van der Waals surface area contributed by atoms with Crippen LogP contribution in [0.25, 0.3) is 0 Å². The van der Waals surface area contributed by atoms with Gasteiger partial charge in [-0.2, -0.15) is 0 Å². The number of hydrogen-bond acceptors (Lipinski definition) is 1. The molecule has 5 heteroatoms. The molecule has 0 aromatic heterocycles. The van der Waals surface area contributed by atoms with Crippen LogP contribution in [-0.2, 0) is 0 Å². The summed E-state index contributed by atoms with van der Waals surface area (Å²) in [6, 6.07) is 11.5. The van der Waals surface area contributed by atoms with Crippen LogP contribution in [0.2, 0.25) is 0 Å². The van der Waals surface area contributed by atoms with Gasteiger partial charge in [-0.15, -0.1) is 0 Å². The Balaban J connectivity index is 2.58. The SMILES string of the molecule is N=C(N)N(c1ccccc1F)c1ccccc1F. The third kappa shape index (κ3) is 2.15. The third-order valence-corrected chi connectivity index (χ3v) is 2.43. The van der Waals surface area contributed by atoms with Gasteiger partial charge in [0, 0.05) is 0 Å². The molecule has 2 rings (SSSR count). The minimum absolute atomic E-state index is 0.0371. The van der Waals surface area contributed by atoms with Crippen LogP contribution >= 0.6 is 0 Å². The Labute approximate surface area is 103 Å². The number of guanidine groups is 1. The maximum Gasteiger partial charge on any atom is 0.197 e. The average molecular weight is 247 g/mol. The number of halogens is 2. The Kier molecular flexibility index (Phi) is 3.23. The number of nitrogens with zero attached hydrogens (tertiary/aromatic N) is 1. The Morgan fingerprint density at radius 2 is 1.28 bits per heavy atom. The summed E-state index contributed by atoms with van der Waals surface area (Å²) in [5, 5.41) is 7.49. The molecule has 0 amide bonds. The van der Waals surface area contributed by atoms with E-state index in [-0.39, 0.29) is 11.4 Å². The quantitative estimate of drug-likeness (QED) is 0.633. The van der Waals surface area contributed by atoms with Crippen LogP contribution in [0, 0.1) is 17.0 Å². The summed E-state index contributed by atoms with van der Waals surface area (Å²) in [7, 11) is 0. The van der Waals surface area contributed by atoms with Gasteiger partial charge in [0.15, 0.2) is 5.96 Å². The van der Waals surface area contributed by atoms with Crippen molar-refractivity contribution in [2.75, 3.05) is 4.90 Å². The molecular weight excluding hydrogens is 236 g/mol. The highest BCUT2D eigenvalue weighted by molar-refractivity contribution is 6.00. The first kappa shape index (κ1) is 12.0. The zero-order valence-electron chi connectivity index (χ0n) is 9.40. The zero-order valence-corrected chi connectivity index (χ0v) is 9.40. The highest BCUT2D eigenvalue weighted by Crippen LogP contribution is 2.29. The van der Waals surface area contributed by atoms with Crippen LogP contribution in [-0.4, -0.2) is 5.96 Å². The summed E-state index contributed by atoms with van der Waals surface area (Å²) in [6.07, 6.45) is 0. The molecule has 92 valence electrons. The summed E-state index contributed by atoms with van der Waals surface area (Å²) >= 11 is 0. The topological polar surface area (TPSA) is 53.1 Å². The molecule has 0 radical (unpaired) electrons.